The molecule has 4 nitrogen and oxygen atoms in total. The Kier molecular flexibility index (Phi) is 3.35. The lowest BCUT2D eigenvalue weighted by Crippen LogP contribution is -2.02. The van der Waals surface area contributed by atoms with Gasteiger partial charge >= 0.3 is 0 Å². The normalized spacial score (nSPS) is 11.4. The quantitative estimate of drug-likeness (QED) is 0.597. The van der Waals surface area contributed by atoms with Gasteiger partial charge in [0, 0.05) is 11.6 Å². The van der Waals surface area contributed by atoms with Crippen molar-refractivity contribution in [2.45, 2.75) is 6.42 Å². The van der Waals surface area contributed by atoms with E-state index in [-0.39, 0.29) is 10.6 Å². The maximum atomic E-state index is 10.9. The molecule has 0 bridgehead atoms. The van der Waals surface area contributed by atoms with E-state index in [9.17, 15) is 10.1 Å². The molecular weight excluding hydrogens is 218 g/mol. The number of nitro groups is 1. The fraction of sp³-hybridized carbons (Fsp3) is 0.0769. The van der Waals surface area contributed by atoms with Crippen molar-refractivity contribution in [2.24, 2.45) is 0 Å². The predicted octanol–water partition coefficient (Wildman–Crippen LogP) is 3.14. The Bertz CT molecular complexity index is 515. The highest BCUT2D eigenvalue weighted by Crippen LogP contribution is 2.13. The van der Waals surface area contributed by atoms with Crippen molar-refractivity contribution in [3.8, 4) is 0 Å². The molecule has 0 unspecified atom stereocenters. The molecular formula is C13H11NO3. The van der Waals surface area contributed by atoms with Gasteiger partial charge in [0.2, 0.25) is 0 Å². The van der Waals surface area contributed by atoms with Crippen LogP contribution in [-0.4, -0.2) is 4.92 Å². The van der Waals surface area contributed by atoms with E-state index in [0.29, 0.717) is 12.0 Å². The molecule has 17 heavy (non-hydrogen) atoms. The van der Waals surface area contributed by atoms with Crippen molar-refractivity contribution in [1.29, 1.82) is 0 Å². The van der Waals surface area contributed by atoms with Crippen LogP contribution in [0.25, 0.3) is 6.08 Å². The highest BCUT2D eigenvalue weighted by atomic mass is 16.6. The average Bonchev–Trinajstić information content (AvgIpc) is 2.82. The molecule has 0 amide bonds. The summed E-state index contributed by atoms with van der Waals surface area (Å²) in [4.78, 5) is 10.6. The Balaban J connectivity index is 2.22. The van der Waals surface area contributed by atoms with Crippen LogP contribution >= 0.6 is 0 Å². The fourth-order valence-corrected chi connectivity index (χ4v) is 1.52. The number of allylic oxidation sites excluding steroid dienone is 1. The molecule has 1 aromatic heterocycles. The van der Waals surface area contributed by atoms with Gasteiger partial charge in [-0.05, 0) is 11.6 Å². The number of hydrogen-bond acceptors (Lipinski definition) is 3. The number of hydrogen-bond donors (Lipinski definition) is 0. The number of benzene rings is 1. The van der Waals surface area contributed by atoms with Crippen molar-refractivity contribution in [1.82, 2.24) is 0 Å². The van der Waals surface area contributed by atoms with Gasteiger partial charge in [-0.2, -0.15) is 0 Å². The van der Waals surface area contributed by atoms with Gasteiger partial charge in [0.05, 0.1) is 23.9 Å². The van der Waals surface area contributed by atoms with E-state index in [1.807, 2.05) is 30.3 Å². The van der Waals surface area contributed by atoms with Gasteiger partial charge in [-0.25, -0.2) is 0 Å². The fourth-order valence-electron chi connectivity index (χ4n) is 1.52. The molecule has 0 radical (unpaired) electrons. The number of furan rings is 1. The molecule has 0 aliphatic heterocycles. The van der Waals surface area contributed by atoms with Gasteiger partial charge in [-0.1, -0.05) is 30.3 Å². The van der Waals surface area contributed by atoms with Crippen LogP contribution in [0.4, 0.5) is 0 Å². The topological polar surface area (TPSA) is 56.3 Å². The Morgan fingerprint density at radius 3 is 2.65 bits per heavy atom. The largest absolute Gasteiger partial charge is 0.472 e. The van der Waals surface area contributed by atoms with Gasteiger partial charge < -0.3 is 4.42 Å². The van der Waals surface area contributed by atoms with Crippen molar-refractivity contribution in [3.05, 3.63) is 75.9 Å². The molecule has 0 atom stereocenters. The third-order valence-corrected chi connectivity index (χ3v) is 2.34. The van der Waals surface area contributed by atoms with Crippen LogP contribution in [0.3, 0.4) is 0 Å². The first kappa shape index (κ1) is 11.1. The van der Waals surface area contributed by atoms with E-state index in [2.05, 4.69) is 0 Å². The summed E-state index contributed by atoms with van der Waals surface area (Å²) in [6, 6.07) is 11.0. The molecule has 86 valence electrons. The Hall–Kier alpha value is -2.36. The first-order valence-electron chi connectivity index (χ1n) is 5.17. The van der Waals surface area contributed by atoms with Crippen LogP contribution in [0.5, 0.6) is 0 Å². The van der Waals surface area contributed by atoms with Gasteiger partial charge in [0.1, 0.15) is 0 Å². The van der Waals surface area contributed by atoms with E-state index in [4.69, 9.17) is 4.42 Å². The minimum absolute atomic E-state index is 0.151. The molecule has 0 aliphatic rings. The second-order valence-corrected chi connectivity index (χ2v) is 3.61. The summed E-state index contributed by atoms with van der Waals surface area (Å²) in [5.41, 5.74) is 1.77. The molecule has 0 fully saturated rings. The monoisotopic (exact) mass is 229 g/mol. The molecule has 0 N–H and O–H groups in total. The maximum absolute atomic E-state index is 10.9. The minimum Gasteiger partial charge on any atom is -0.472 e. The van der Waals surface area contributed by atoms with Crippen molar-refractivity contribution < 1.29 is 9.34 Å². The SMILES string of the molecule is O=[N+]([O-])/C(=C\c1ccoc1)Cc1ccccc1. The lowest BCUT2D eigenvalue weighted by Gasteiger charge is -1.98. The molecule has 0 spiro atoms. The zero-order valence-electron chi connectivity index (χ0n) is 9.08. The summed E-state index contributed by atoms with van der Waals surface area (Å²) < 4.78 is 4.88. The maximum Gasteiger partial charge on any atom is 0.251 e. The predicted molar refractivity (Wildman–Crippen MR) is 63.8 cm³/mol. The lowest BCUT2D eigenvalue weighted by molar-refractivity contribution is -0.425. The molecule has 4 heteroatoms. The summed E-state index contributed by atoms with van der Waals surface area (Å²) in [6.07, 6.45) is 4.80. The zero-order valence-corrected chi connectivity index (χ0v) is 9.08. The summed E-state index contributed by atoms with van der Waals surface area (Å²) in [5.74, 6) is 0. The standard InChI is InChI=1S/C13H11NO3/c15-14(16)13(9-12-6-7-17-10-12)8-11-4-2-1-3-5-11/h1-7,9-10H,8H2/b13-9-. The number of rotatable bonds is 4. The summed E-state index contributed by atoms with van der Waals surface area (Å²) in [7, 11) is 0. The molecule has 0 saturated carbocycles. The lowest BCUT2D eigenvalue weighted by atomic mass is 10.1. The average molecular weight is 229 g/mol. The summed E-state index contributed by atoms with van der Waals surface area (Å²) >= 11 is 0. The van der Waals surface area contributed by atoms with Crippen LogP contribution in [0.15, 0.2) is 59.0 Å². The van der Waals surface area contributed by atoms with E-state index in [0.717, 1.165) is 5.56 Å². The van der Waals surface area contributed by atoms with E-state index in [1.54, 1.807) is 6.07 Å². The van der Waals surface area contributed by atoms with Crippen LogP contribution in [0, 0.1) is 10.1 Å². The molecule has 1 heterocycles. The highest BCUT2D eigenvalue weighted by molar-refractivity contribution is 5.50. The third-order valence-electron chi connectivity index (χ3n) is 2.34. The van der Waals surface area contributed by atoms with E-state index in [1.165, 1.54) is 18.6 Å². The molecule has 2 rings (SSSR count). The van der Waals surface area contributed by atoms with Crippen LogP contribution in [0.1, 0.15) is 11.1 Å². The third kappa shape index (κ3) is 3.04. The van der Waals surface area contributed by atoms with Gasteiger partial charge in [0.25, 0.3) is 5.70 Å². The first-order chi connectivity index (χ1) is 8.25. The first-order valence-corrected chi connectivity index (χ1v) is 5.17. The van der Waals surface area contributed by atoms with Crippen LogP contribution in [-0.2, 0) is 6.42 Å². The molecule has 1 aromatic carbocycles. The van der Waals surface area contributed by atoms with Gasteiger partial charge in [-0.15, -0.1) is 0 Å². The molecule has 0 aliphatic carbocycles. The van der Waals surface area contributed by atoms with E-state index < -0.39 is 0 Å². The number of nitrogens with zero attached hydrogens (tertiary/aromatic N) is 1. The second-order valence-electron chi connectivity index (χ2n) is 3.61. The van der Waals surface area contributed by atoms with Crippen molar-refractivity contribution in [2.75, 3.05) is 0 Å². The van der Waals surface area contributed by atoms with Crippen LogP contribution < -0.4 is 0 Å². The van der Waals surface area contributed by atoms with E-state index >= 15 is 0 Å². The second kappa shape index (κ2) is 5.12. The summed E-state index contributed by atoms with van der Waals surface area (Å²) in [6.45, 7) is 0. The van der Waals surface area contributed by atoms with Crippen molar-refractivity contribution in [3.63, 3.8) is 0 Å². The Morgan fingerprint density at radius 2 is 2.06 bits per heavy atom. The van der Waals surface area contributed by atoms with Crippen molar-refractivity contribution >= 4 is 6.08 Å². The highest BCUT2D eigenvalue weighted by Gasteiger charge is 2.11. The Morgan fingerprint density at radius 1 is 1.29 bits per heavy atom. The smallest absolute Gasteiger partial charge is 0.251 e. The molecule has 2 aromatic rings. The zero-order chi connectivity index (χ0) is 12.1. The van der Waals surface area contributed by atoms with Gasteiger partial charge in [-0.3, -0.25) is 10.1 Å². The minimum atomic E-state index is -0.361. The summed E-state index contributed by atoms with van der Waals surface area (Å²) in [5, 5.41) is 10.9. The molecule has 0 saturated heterocycles. The Labute approximate surface area is 98.3 Å². The van der Waals surface area contributed by atoms with Crippen LogP contribution in [0.2, 0.25) is 0 Å². The van der Waals surface area contributed by atoms with Gasteiger partial charge in [0.15, 0.2) is 0 Å².